The van der Waals surface area contributed by atoms with Gasteiger partial charge in [0.2, 0.25) is 5.91 Å². The highest BCUT2D eigenvalue weighted by atomic mass is 32.1. The Kier molecular flexibility index (Phi) is 4.42. The molecule has 1 atom stereocenters. The summed E-state index contributed by atoms with van der Waals surface area (Å²) < 4.78 is 0. The number of rotatable bonds is 5. The molecule has 1 rings (SSSR count). The first kappa shape index (κ1) is 12.6. The zero-order chi connectivity index (χ0) is 12.1. The van der Waals surface area contributed by atoms with Crippen LogP contribution in [0.2, 0.25) is 0 Å². The second-order valence-corrected chi connectivity index (χ2v) is 4.35. The maximum atomic E-state index is 11.8. The third-order valence-electron chi connectivity index (χ3n) is 2.24. The Labute approximate surface area is 99.8 Å². The van der Waals surface area contributed by atoms with Crippen LogP contribution in [-0.2, 0) is 11.3 Å². The van der Waals surface area contributed by atoms with Gasteiger partial charge in [0.1, 0.15) is 5.82 Å². The molecule has 0 saturated carbocycles. The van der Waals surface area contributed by atoms with E-state index < -0.39 is 5.92 Å². The van der Waals surface area contributed by atoms with E-state index >= 15 is 0 Å². The highest BCUT2D eigenvalue weighted by Gasteiger charge is 2.24. The van der Waals surface area contributed by atoms with Gasteiger partial charge >= 0.3 is 0 Å². The lowest BCUT2D eigenvalue weighted by atomic mass is 9.95. The molecule has 0 aromatic carbocycles. The van der Waals surface area contributed by atoms with E-state index in [4.69, 9.17) is 18.0 Å². The van der Waals surface area contributed by atoms with Crippen molar-refractivity contribution in [2.45, 2.75) is 20.4 Å². The molecular formula is C10H16N4OS. The number of aromatic nitrogens is 2. The van der Waals surface area contributed by atoms with Gasteiger partial charge in [0.05, 0.1) is 17.5 Å². The molecule has 16 heavy (non-hydrogen) atoms. The Morgan fingerprint density at radius 3 is 2.81 bits per heavy atom. The molecule has 0 radical (unpaired) electrons. The van der Waals surface area contributed by atoms with Gasteiger partial charge in [-0.25, -0.2) is 4.98 Å². The van der Waals surface area contributed by atoms with E-state index in [1.807, 2.05) is 13.8 Å². The summed E-state index contributed by atoms with van der Waals surface area (Å²) in [6, 6.07) is 0. The van der Waals surface area contributed by atoms with Crippen molar-refractivity contribution in [1.29, 1.82) is 0 Å². The first-order valence-electron chi connectivity index (χ1n) is 5.07. The van der Waals surface area contributed by atoms with Gasteiger partial charge in [0.25, 0.3) is 0 Å². The average molecular weight is 240 g/mol. The van der Waals surface area contributed by atoms with Gasteiger partial charge in [-0.05, 0) is 5.92 Å². The van der Waals surface area contributed by atoms with Crippen molar-refractivity contribution in [2.24, 2.45) is 17.6 Å². The molecule has 0 aliphatic rings. The maximum Gasteiger partial charge on any atom is 0.230 e. The second-order valence-electron chi connectivity index (χ2n) is 3.88. The van der Waals surface area contributed by atoms with Crippen LogP contribution < -0.4 is 11.1 Å². The highest BCUT2D eigenvalue weighted by molar-refractivity contribution is 7.80. The predicted octanol–water partition coefficient (Wildman–Crippen LogP) is 0.584. The lowest BCUT2D eigenvalue weighted by Gasteiger charge is -2.18. The highest BCUT2D eigenvalue weighted by Crippen LogP contribution is 2.11. The molecule has 6 heteroatoms. The lowest BCUT2D eigenvalue weighted by Crippen LogP contribution is -2.40. The number of hydrogen-bond donors (Lipinski definition) is 3. The average Bonchev–Trinajstić information content (AvgIpc) is 2.65. The summed E-state index contributed by atoms with van der Waals surface area (Å²) in [7, 11) is 0. The molecular weight excluding hydrogens is 224 g/mol. The Balaban J connectivity index is 2.53. The summed E-state index contributed by atoms with van der Waals surface area (Å²) in [5.41, 5.74) is 5.53. The number of hydrogen-bond acceptors (Lipinski definition) is 3. The van der Waals surface area contributed by atoms with E-state index in [0.29, 0.717) is 12.4 Å². The van der Waals surface area contributed by atoms with Gasteiger partial charge in [-0.15, -0.1) is 0 Å². The van der Waals surface area contributed by atoms with Crippen molar-refractivity contribution in [3.05, 3.63) is 18.2 Å². The molecule has 1 heterocycles. The Morgan fingerprint density at radius 1 is 1.69 bits per heavy atom. The molecule has 1 amide bonds. The zero-order valence-corrected chi connectivity index (χ0v) is 10.2. The lowest BCUT2D eigenvalue weighted by molar-refractivity contribution is -0.124. The number of nitrogens with two attached hydrogens (primary N) is 1. The van der Waals surface area contributed by atoms with Crippen molar-refractivity contribution in [3.8, 4) is 0 Å². The number of imidazole rings is 1. The van der Waals surface area contributed by atoms with Crippen LogP contribution in [0, 0.1) is 11.8 Å². The number of amides is 1. The summed E-state index contributed by atoms with van der Waals surface area (Å²) in [6.07, 6.45) is 3.34. The molecule has 0 bridgehead atoms. The van der Waals surface area contributed by atoms with Crippen LogP contribution in [0.4, 0.5) is 0 Å². The van der Waals surface area contributed by atoms with E-state index in [0.717, 1.165) is 0 Å². The van der Waals surface area contributed by atoms with Crippen molar-refractivity contribution in [1.82, 2.24) is 15.3 Å². The molecule has 1 unspecified atom stereocenters. The minimum Gasteiger partial charge on any atom is -0.393 e. The molecule has 1 aromatic heterocycles. The summed E-state index contributed by atoms with van der Waals surface area (Å²) in [5, 5.41) is 2.75. The normalized spacial score (nSPS) is 12.4. The minimum atomic E-state index is -0.426. The van der Waals surface area contributed by atoms with Gasteiger partial charge in [0, 0.05) is 12.4 Å². The van der Waals surface area contributed by atoms with Crippen molar-refractivity contribution < 1.29 is 4.79 Å². The van der Waals surface area contributed by atoms with Gasteiger partial charge in [-0.3, -0.25) is 4.79 Å². The molecule has 0 fully saturated rings. The first-order chi connectivity index (χ1) is 7.52. The second kappa shape index (κ2) is 5.60. The van der Waals surface area contributed by atoms with Crippen molar-refractivity contribution in [3.63, 3.8) is 0 Å². The Morgan fingerprint density at radius 2 is 2.38 bits per heavy atom. The van der Waals surface area contributed by atoms with E-state index in [9.17, 15) is 4.79 Å². The largest absolute Gasteiger partial charge is 0.393 e. The van der Waals surface area contributed by atoms with Gasteiger partial charge in [0.15, 0.2) is 0 Å². The third kappa shape index (κ3) is 3.30. The van der Waals surface area contributed by atoms with Gasteiger partial charge in [-0.1, -0.05) is 26.1 Å². The summed E-state index contributed by atoms with van der Waals surface area (Å²) >= 11 is 4.88. The fourth-order valence-electron chi connectivity index (χ4n) is 1.44. The smallest absolute Gasteiger partial charge is 0.230 e. The summed E-state index contributed by atoms with van der Waals surface area (Å²) in [4.78, 5) is 18.9. The monoisotopic (exact) mass is 240 g/mol. The van der Waals surface area contributed by atoms with E-state index in [2.05, 4.69) is 15.3 Å². The van der Waals surface area contributed by atoms with Gasteiger partial charge < -0.3 is 16.0 Å². The van der Waals surface area contributed by atoms with E-state index in [1.54, 1.807) is 12.4 Å². The van der Waals surface area contributed by atoms with Crippen molar-refractivity contribution in [2.75, 3.05) is 0 Å². The Hall–Kier alpha value is -1.43. The first-order valence-corrected chi connectivity index (χ1v) is 5.48. The fraction of sp³-hybridized carbons (Fsp3) is 0.500. The number of aromatic amines is 1. The fourth-order valence-corrected chi connectivity index (χ4v) is 1.82. The number of carbonyl (C=O) groups is 1. The molecule has 1 aromatic rings. The number of thiocarbonyl (C=S) groups is 1. The van der Waals surface area contributed by atoms with E-state index in [1.165, 1.54) is 0 Å². The van der Waals surface area contributed by atoms with Crippen LogP contribution in [-0.4, -0.2) is 20.9 Å². The SMILES string of the molecule is CC(C)C(C(=O)NCc1ncc[nH]1)C(N)=S. The molecule has 4 N–H and O–H groups in total. The van der Waals surface area contributed by atoms with Crippen LogP contribution >= 0.6 is 12.2 Å². The molecule has 5 nitrogen and oxygen atoms in total. The Bertz CT molecular complexity index is 361. The van der Waals surface area contributed by atoms with Crippen LogP contribution in [0.15, 0.2) is 12.4 Å². The van der Waals surface area contributed by atoms with Crippen LogP contribution in [0.5, 0.6) is 0 Å². The molecule has 0 aliphatic heterocycles. The number of nitrogens with zero attached hydrogens (tertiary/aromatic N) is 1. The van der Waals surface area contributed by atoms with Gasteiger partial charge in [-0.2, -0.15) is 0 Å². The third-order valence-corrected chi connectivity index (χ3v) is 2.49. The molecule has 0 aliphatic carbocycles. The van der Waals surface area contributed by atoms with Crippen LogP contribution in [0.25, 0.3) is 0 Å². The topological polar surface area (TPSA) is 83.8 Å². The molecule has 88 valence electrons. The predicted molar refractivity (Wildman–Crippen MR) is 65.5 cm³/mol. The number of carbonyl (C=O) groups excluding carboxylic acids is 1. The minimum absolute atomic E-state index is 0.0918. The number of nitrogens with one attached hydrogen (secondary N) is 2. The quantitative estimate of drug-likeness (QED) is 0.657. The standard InChI is InChI=1S/C10H16N4OS/c1-6(2)8(9(11)16)10(15)14-5-7-12-3-4-13-7/h3-4,6,8H,5H2,1-2H3,(H2,11,16)(H,12,13)(H,14,15). The molecule has 0 spiro atoms. The van der Waals surface area contributed by atoms with E-state index in [-0.39, 0.29) is 16.8 Å². The number of H-pyrrole nitrogens is 1. The zero-order valence-electron chi connectivity index (χ0n) is 9.36. The molecule has 0 saturated heterocycles. The van der Waals surface area contributed by atoms with Crippen LogP contribution in [0.1, 0.15) is 19.7 Å². The van der Waals surface area contributed by atoms with Crippen LogP contribution in [0.3, 0.4) is 0 Å². The van der Waals surface area contributed by atoms with Crippen molar-refractivity contribution >= 4 is 23.1 Å². The maximum absolute atomic E-state index is 11.8. The summed E-state index contributed by atoms with van der Waals surface area (Å²) in [5.74, 6) is 0.219. The summed E-state index contributed by atoms with van der Waals surface area (Å²) in [6.45, 7) is 4.18.